The summed E-state index contributed by atoms with van der Waals surface area (Å²) in [6.07, 6.45) is 2.44. The Bertz CT molecular complexity index is 399. The van der Waals surface area contributed by atoms with E-state index in [4.69, 9.17) is 4.74 Å². The third-order valence-corrected chi connectivity index (χ3v) is 3.05. The second-order valence-electron chi connectivity index (χ2n) is 4.50. The van der Waals surface area contributed by atoms with Gasteiger partial charge in [-0.05, 0) is 38.9 Å². The van der Waals surface area contributed by atoms with Crippen LogP contribution in [0, 0.1) is 0 Å². The minimum atomic E-state index is 0.142. The van der Waals surface area contributed by atoms with E-state index in [1.165, 1.54) is 12.8 Å². The molecule has 0 atom stereocenters. The minimum absolute atomic E-state index is 0.142. The summed E-state index contributed by atoms with van der Waals surface area (Å²) < 4.78 is 5.48. The van der Waals surface area contributed by atoms with Crippen LogP contribution in [0.5, 0.6) is 5.75 Å². The summed E-state index contributed by atoms with van der Waals surface area (Å²) in [4.78, 5) is 14.3. The van der Waals surface area contributed by atoms with Crippen molar-refractivity contribution in [2.75, 3.05) is 20.2 Å². The largest absolute Gasteiger partial charge is 0.493 e. The van der Waals surface area contributed by atoms with Gasteiger partial charge in [0.1, 0.15) is 5.75 Å². The predicted octanol–water partition coefficient (Wildman–Crippen LogP) is 2.36. The van der Waals surface area contributed by atoms with Crippen LogP contribution >= 0.6 is 0 Å². The van der Waals surface area contributed by atoms with Gasteiger partial charge in [0, 0.05) is 6.04 Å². The summed E-state index contributed by atoms with van der Waals surface area (Å²) in [5.74, 6) is 0.840. The lowest BCUT2D eigenvalue weighted by Gasteiger charge is -2.15. The Hall–Kier alpha value is -1.35. The topological polar surface area (TPSA) is 29.5 Å². The average molecular weight is 233 g/mol. The molecule has 0 bridgehead atoms. The quantitative estimate of drug-likeness (QED) is 0.706. The number of carbonyl (C=O) groups excluding carboxylic acids is 1. The molecule has 0 saturated heterocycles. The Balaban J connectivity index is 2.06. The SMILES string of the molecule is CCOc1ccccc1C(=O)CN(C)C1CC1. The fourth-order valence-electron chi connectivity index (χ4n) is 1.93. The summed E-state index contributed by atoms with van der Waals surface area (Å²) >= 11 is 0. The Morgan fingerprint density at radius 1 is 1.41 bits per heavy atom. The molecule has 0 radical (unpaired) electrons. The van der Waals surface area contributed by atoms with Gasteiger partial charge in [0.2, 0.25) is 0 Å². The molecule has 0 heterocycles. The molecule has 0 aromatic heterocycles. The average Bonchev–Trinajstić information content (AvgIpc) is 3.13. The third-order valence-electron chi connectivity index (χ3n) is 3.05. The van der Waals surface area contributed by atoms with Gasteiger partial charge in [-0.3, -0.25) is 9.69 Å². The van der Waals surface area contributed by atoms with Crippen molar-refractivity contribution in [3.63, 3.8) is 0 Å². The number of nitrogens with zero attached hydrogens (tertiary/aromatic N) is 1. The number of hydrogen-bond acceptors (Lipinski definition) is 3. The fourth-order valence-corrected chi connectivity index (χ4v) is 1.93. The lowest BCUT2D eigenvalue weighted by molar-refractivity contribution is 0.0938. The van der Waals surface area contributed by atoms with Crippen LogP contribution in [-0.2, 0) is 0 Å². The fraction of sp³-hybridized carbons (Fsp3) is 0.500. The van der Waals surface area contributed by atoms with E-state index in [1.807, 2.05) is 38.2 Å². The smallest absolute Gasteiger partial charge is 0.180 e. The second-order valence-corrected chi connectivity index (χ2v) is 4.50. The molecular weight excluding hydrogens is 214 g/mol. The highest BCUT2D eigenvalue weighted by molar-refractivity contribution is 6.00. The van der Waals surface area contributed by atoms with Gasteiger partial charge >= 0.3 is 0 Å². The summed E-state index contributed by atoms with van der Waals surface area (Å²) in [6, 6.07) is 8.08. The van der Waals surface area contributed by atoms with Crippen molar-refractivity contribution >= 4 is 5.78 Å². The Morgan fingerprint density at radius 3 is 2.76 bits per heavy atom. The highest BCUT2D eigenvalue weighted by atomic mass is 16.5. The van der Waals surface area contributed by atoms with Crippen LogP contribution in [0.25, 0.3) is 0 Å². The van der Waals surface area contributed by atoms with E-state index in [-0.39, 0.29) is 5.78 Å². The van der Waals surface area contributed by atoms with Crippen LogP contribution in [0.2, 0.25) is 0 Å². The maximum absolute atomic E-state index is 12.2. The van der Waals surface area contributed by atoms with Crippen LogP contribution < -0.4 is 4.74 Å². The summed E-state index contributed by atoms with van der Waals surface area (Å²) in [5.41, 5.74) is 0.696. The van der Waals surface area contributed by atoms with Gasteiger partial charge in [-0.25, -0.2) is 0 Å². The standard InChI is InChI=1S/C14H19NO2/c1-3-17-14-7-5-4-6-12(14)13(16)10-15(2)11-8-9-11/h4-7,11H,3,8-10H2,1-2H3. The maximum Gasteiger partial charge on any atom is 0.180 e. The van der Waals surface area contributed by atoms with Crippen molar-refractivity contribution in [2.24, 2.45) is 0 Å². The van der Waals surface area contributed by atoms with E-state index < -0.39 is 0 Å². The van der Waals surface area contributed by atoms with Crippen molar-refractivity contribution in [3.05, 3.63) is 29.8 Å². The number of para-hydroxylation sites is 1. The van der Waals surface area contributed by atoms with E-state index in [2.05, 4.69) is 4.90 Å². The molecule has 0 unspecified atom stereocenters. The molecule has 3 nitrogen and oxygen atoms in total. The van der Waals surface area contributed by atoms with E-state index in [9.17, 15) is 4.79 Å². The second kappa shape index (κ2) is 5.32. The van der Waals surface area contributed by atoms with Crippen LogP contribution in [0.15, 0.2) is 24.3 Å². The zero-order chi connectivity index (χ0) is 12.3. The van der Waals surface area contributed by atoms with Crippen molar-refractivity contribution in [2.45, 2.75) is 25.8 Å². The predicted molar refractivity (Wildman–Crippen MR) is 67.6 cm³/mol. The van der Waals surface area contributed by atoms with Gasteiger partial charge in [0.05, 0.1) is 18.7 Å². The first kappa shape index (κ1) is 12.1. The molecule has 92 valence electrons. The first-order valence-electron chi connectivity index (χ1n) is 6.17. The van der Waals surface area contributed by atoms with Gasteiger partial charge in [0.15, 0.2) is 5.78 Å². The lowest BCUT2D eigenvalue weighted by Crippen LogP contribution is -2.28. The molecule has 1 aliphatic rings. The van der Waals surface area contributed by atoms with Gasteiger partial charge in [-0.1, -0.05) is 12.1 Å². The third kappa shape index (κ3) is 3.07. The van der Waals surface area contributed by atoms with E-state index in [0.29, 0.717) is 30.5 Å². The molecule has 0 aliphatic heterocycles. The van der Waals surface area contributed by atoms with Crippen molar-refractivity contribution in [1.82, 2.24) is 4.90 Å². The molecule has 0 amide bonds. The zero-order valence-electron chi connectivity index (χ0n) is 10.5. The van der Waals surface area contributed by atoms with E-state index in [0.717, 1.165) is 0 Å². The van der Waals surface area contributed by atoms with Gasteiger partial charge < -0.3 is 4.74 Å². The molecule has 1 aliphatic carbocycles. The molecular formula is C14H19NO2. The molecule has 0 N–H and O–H groups in total. The van der Waals surface area contributed by atoms with Crippen LogP contribution in [0.4, 0.5) is 0 Å². The molecule has 17 heavy (non-hydrogen) atoms. The minimum Gasteiger partial charge on any atom is -0.493 e. The van der Waals surface area contributed by atoms with Gasteiger partial charge in [-0.15, -0.1) is 0 Å². The molecule has 1 aromatic rings. The van der Waals surface area contributed by atoms with Crippen LogP contribution in [-0.4, -0.2) is 36.9 Å². The van der Waals surface area contributed by atoms with Crippen LogP contribution in [0.1, 0.15) is 30.1 Å². The maximum atomic E-state index is 12.2. The van der Waals surface area contributed by atoms with Gasteiger partial charge in [0.25, 0.3) is 0 Å². The summed E-state index contributed by atoms with van der Waals surface area (Å²) in [6.45, 7) is 3.00. The number of benzene rings is 1. The lowest BCUT2D eigenvalue weighted by atomic mass is 10.1. The number of likely N-dealkylation sites (N-methyl/N-ethyl adjacent to an activating group) is 1. The number of Topliss-reactive ketones (excluding diaryl/α,β-unsaturated/α-hetero) is 1. The van der Waals surface area contributed by atoms with E-state index >= 15 is 0 Å². The normalized spacial score (nSPS) is 15.0. The van der Waals surface area contributed by atoms with Crippen molar-refractivity contribution in [3.8, 4) is 5.75 Å². The number of hydrogen-bond donors (Lipinski definition) is 0. The van der Waals surface area contributed by atoms with Gasteiger partial charge in [-0.2, -0.15) is 0 Å². The number of ether oxygens (including phenoxy) is 1. The number of carbonyl (C=O) groups is 1. The number of rotatable bonds is 6. The zero-order valence-corrected chi connectivity index (χ0v) is 10.5. The Labute approximate surface area is 102 Å². The first-order chi connectivity index (χ1) is 8.22. The molecule has 1 fully saturated rings. The Kier molecular flexibility index (Phi) is 3.79. The molecule has 2 rings (SSSR count). The van der Waals surface area contributed by atoms with Crippen molar-refractivity contribution in [1.29, 1.82) is 0 Å². The highest BCUT2D eigenvalue weighted by Gasteiger charge is 2.27. The van der Waals surface area contributed by atoms with Crippen molar-refractivity contribution < 1.29 is 9.53 Å². The first-order valence-corrected chi connectivity index (χ1v) is 6.17. The monoisotopic (exact) mass is 233 g/mol. The number of ketones is 1. The van der Waals surface area contributed by atoms with E-state index in [1.54, 1.807) is 0 Å². The Morgan fingerprint density at radius 2 is 2.12 bits per heavy atom. The molecule has 1 aromatic carbocycles. The highest BCUT2D eigenvalue weighted by Crippen LogP contribution is 2.26. The summed E-state index contributed by atoms with van der Waals surface area (Å²) in [5, 5.41) is 0. The summed E-state index contributed by atoms with van der Waals surface area (Å²) in [7, 11) is 2.01. The van der Waals surface area contributed by atoms with Crippen LogP contribution in [0.3, 0.4) is 0 Å². The molecule has 1 saturated carbocycles. The molecule has 3 heteroatoms. The molecule has 0 spiro atoms.